The number of anilines is 2. The van der Waals surface area contributed by atoms with Crippen LogP contribution in [0.1, 0.15) is 65.0 Å². The Labute approximate surface area is 345 Å². The van der Waals surface area contributed by atoms with Gasteiger partial charge in [-0.25, -0.2) is 9.69 Å². The first-order valence-corrected chi connectivity index (χ1v) is 20.5. The number of benzene rings is 6. The molecule has 3 aliphatic rings. The average molecular weight is 866 g/mol. The van der Waals surface area contributed by atoms with Gasteiger partial charge in [0.05, 0.1) is 15.9 Å². The van der Waals surface area contributed by atoms with Crippen LogP contribution in [-0.4, -0.2) is 37.5 Å². The van der Waals surface area contributed by atoms with Gasteiger partial charge in [0.2, 0.25) is 0 Å². The van der Waals surface area contributed by atoms with Crippen LogP contribution in [-0.2, 0) is 16.2 Å². The van der Waals surface area contributed by atoms with Crippen molar-refractivity contribution in [1.29, 1.82) is 0 Å². The summed E-state index contributed by atoms with van der Waals surface area (Å²) in [6.07, 6.45) is 3.34. The van der Waals surface area contributed by atoms with Crippen molar-refractivity contribution in [3.05, 3.63) is 170 Å². The topological polar surface area (TPSA) is 88.2 Å². The smallest absolute Gasteiger partial charge is 0.335 e. The number of imide groups is 2. The number of nitrogens with one attached hydrogen (secondary N) is 1. The number of barbiturate groups is 1. The molecule has 1 N–H and O–H groups in total. The Morgan fingerprint density at radius 2 is 1.39 bits per heavy atom. The lowest BCUT2D eigenvalue weighted by Crippen LogP contribution is -2.54. The quantitative estimate of drug-likeness (QED) is 0.0885. The number of ether oxygens (including phenoxy) is 2. The molecular weight excluding hydrogens is 825 g/mol. The van der Waals surface area contributed by atoms with Crippen LogP contribution in [0.15, 0.2) is 133 Å². The number of halogens is 1. The predicted octanol–water partition coefficient (Wildman–Crippen LogP) is 9.97. The third-order valence-corrected chi connectivity index (χ3v) is 12.1. The van der Waals surface area contributed by atoms with Gasteiger partial charge in [-0.05, 0) is 117 Å². The molecule has 0 aliphatic carbocycles. The van der Waals surface area contributed by atoms with Crippen LogP contribution in [0.2, 0.25) is 0 Å². The first-order valence-electron chi connectivity index (χ1n) is 19.4. The number of rotatable bonds is 9. The minimum Gasteiger partial charge on any atom is -0.490 e. The molecule has 2 atom stereocenters. The molecule has 6 aromatic rings. The molecule has 57 heavy (non-hydrogen) atoms. The van der Waals surface area contributed by atoms with Crippen molar-refractivity contribution in [2.24, 2.45) is 0 Å². The largest absolute Gasteiger partial charge is 0.490 e. The second-order valence-corrected chi connectivity index (χ2v) is 15.8. The normalized spacial score (nSPS) is 18.4. The summed E-state index contributed by atoms with van der Waals surface area (Å²) in [6.45, 7) is 4.44. The fourth-order valence-corrected chi connectivity index (χ4v) is 9.45. The van der Waals surface area contributed by atoms with Crippen LogP contribution in [0.4, 0.5) is 16.2 Å². The lowest BCUT2D eigenvalue weighted by molar-refractivity contribution is -0.122. The number of nitrogens with zero attached hydrogens (tertiary/aromatic N) is 2. The van der Waals surface area contributed by atoms with E-state index in [0.717, 1.165) is 61.9 Å². The number of hydrogen-bond acceptors (Lipinski definition) is 6. The van der Waals surface area contributed by atoms with E-state index >= 15 is 0 Å². The third-order valence-electron chi connectivity index (χ3n) is 11.3. The van der Waals surface area contributed by atoms with E-state index in [9.17, 15) is 14.4 Å². The van der Waals surface area contributed by atoms with E-state index in [1.165, 1.54) is 22.9 Å². The molecular formula is C48H40IN3O5. The van der Waals surface area contributed by atoms with Gasteiger partial charge < -0.3 is 14.4 Å². The van der Waals surface area contributed by atoms with Gasteiger partial charge in [0.1, 0.15) is 12.2 Å². The maximum absolute atomic E-state index is 14.5. The summed E-state index contributed by atoms with van der Waals surface area (Å²) < 4.78 is 13.2. The van der Waals surface area contributed by atoms with Crippen molar-refractivity contribution in [2.45, 2.75) is 38.2 Å². The fourth-order valence-electron chi connectivity index (χ4n) is 8.67. The monoisotopic (exact) mass is 865 g/mol. The molecule has 6 aromatic carbocycles. The van der Waals surface area contributed by atoms with Crippen molar-refractivity contribution in [3.8, 4) is 11.5 Å². The van der Waals surface area contributed by atoms with Gasteiger partial charge in [-0.15, -0.1) is 0 Å². The zero-order valence-corrected chi connectivity index (χ0v) is 33.6. The van der Waals surface area contributed by atoms with Gasteiger partial charge in [-0.2, -0.15) is 0 Å². The summed E-state index contributed by atoms with van der Waals surface area (Å²) in [7, 11) is 0. The zero-order valence-electron chi connectivity index (χ0n) is 31.4. The van der Waals surface area contributed by atoms with Crippen LogP contribution >= 0.6 is 22.6 Å². The summed E-state index contributed by atoms with van der Waals surface area (Å²) >= 11 is 2.19. The highest BCUT2D eigenvalue weighted by atomic mass is 127. The Kier molecular flexibility index (Phi) is 10.00. The number of carbonyl (C=O) groups is 3. The molecule has 0 bridgehead atoms. The van der Waals surface area contributed by atoms with Gasteiger partial charge >= 0.3 is 6.03 Å². The van der Waals surface area contributed by atoms with Crippen LogP contribution in [0.3, 0.4) is 0 Å². The predicted molar refractivity (Wildman–Crippen MR) is 232 cm³/mol. The molecule has 3 heterocycles. The van der Waals surface area contributed by atoms with E-state index in [-0.39, 0.29) is 17.4 Å². The van der Waals surface area contributed by atoms with Crippen molar-refractivity contribution in [2.75, 3.05) is 29.5 Å². The Bertz CT molecular complexity index is 2500. The van der Waals surface area contributed by atoms with Gasteiger partial charge in [0.25, 0.3) is 11.8 Å². The van der Waals surface area contributed by atoms with E-state index in [1.807, 2.05) is 61.5 Å². The molecule has 0 radical (unpaired) electrons. The minimum absolute atomic E-state index is 0.0747. The molecule has 0 saturated carbocycles. The zero-order chi connectivity index (χ0) is 39.0. The summed E-state index contributed by atoms with van der Waals surface area (Å²) in [6, 6.07) is 42.0. The van der Waals surface area contributed by atoms with E-state index in [0.29, 0.717) is 36.0 Å². The number of amides is 4. The summed E-state index contributed by atoms with van der Waals surface area (Å²) in [4.78, 5) is 45.4. The fraction of sp³-hybridized carbons (Fsp3) is 0.188. The highest BCUT2D eigenvalue weighted by Gasteiger charge is 2.40. The first-order chi connectivity index (χ1) is 27.9. The van der Waals surface area contributed by atoms with Gasteiger partial charge in [-0.1, -0.05) is 103 Å². The SMILES string of the molecule is CCOc1cc(/C=C2\C(=O)NC(=O)N(c3cc4c5c(c3)[C@@H](c3ccccc3)CCN5CC[C@@H]4c3ccccc3)C2=O)cc(I)c1OCc1cccc2ccccc12. The third kappa shape index (κ3) is 6.94. The number of hydrogen-bond donors (Lipinski definition) is 1. The highest BCUT2D eigenvalue weighted by molar-refractivity contribution is 14.1. The summed E-state index contributed by atoms with van der Waals surface area (Å²) in [5.74, 6) is -0.222. The minimum atomic E-state index is -0.771. The van der Waals surface area contributed by atoms with E-state index in [1.54, 1.807) is 6.07 Å². The second-order valence-electron chi connectivity index (χ2n) is 14.6. The van der Waals surface area contributed by atoms with Crippen molar-refractivity contribution in [3.63, 3.8) is 0 Å². The second kappa shape index (κ2) is 15.5. The Morgan fingerprint density at radius 3 is 2.05 bits per heavy atom. The molecule has 8 nitrogen and oxygen atoms in total. The van der Waals surface area contributed by atoms with Crippen molar-refractivity contribution < 1.29 is 23.9 Å². The lowest BCUT2D eigenvalue weighted by atomic mass is 9.76. The van der Waals surface area contributed by atoms with E-state index < -0.39 is 17.8 Å². The Hall–Kier alpha value is -5.94. The lowest BCUT2D eigenvalue weighted by Gasteiger charge is -2.44. The molecule has 1 fully saturated rings. The van der Waals surface area contributed by atoms with Crippen LogP contribution < -0.4 is 24.6 Å². The first kappa shape index (κ1) is 36.7. The molecule has 0 spiro atoms. The summed E-state index contributed by atoms with van der Waals surface area (Å²) in [5, 5.41) is 4.71. The summed E-state index contributed by atoms with van der Waals surface area (Å²) in [5.41, 5.74) is 7.62. The maximum Gasteiger partial charge on any atom is 0.335 e. The van der Waals surface area contributed by atoms with Crippen molar-refractivity contribution in [1.82, 2.24) is 5.32 Å². The molecule has 284 valence electrons. The molecule has 1 saturated heterocycles. The number of urea groups is 1. The highest BCUT2D eigenvalue weighted by Crippen LogP contribution is 2.50. The van der Waals surface area contributed by atoms with Crippen molar-refractivity contribution >= 4 is 68.7 Å². The molecule has 0 aromatic heterocycles. The number of fused-ring (bicyclic) bond motifs is 1. The Balaban J connectivity index is 1.09. The average Bonchev–Trinajstić information content (AvgIpc) is 3.23. The molecule has 4 amide bonds. The molecule has 3 aliphatic heterocycles. The Morgan fingerprint density at radius 1 is 0.754 bits per heavy atom. The molecule has 9 rings (SSSR count). The standard InChI is InChI=1S/C48H40IN3O5/c1-2-56-43-26-30(25-42(49)45(43)57-29-34-18-11-17-31-16-9-10-19-36(31)34)24-41-46(53)50-48(55)52(47(41)54)35-27-39-37(32-12-5-3-6-13-32)20-22-51-23-21-38(40(28-35)44(39)51)33-14-7-4-8-15-33/h3-19,24-28,37-38H,2,20-23,29H2,1H3,(H,50,53,55)/b41-24+/t37-,38-/m1/s1. The maximum atomic E-state index is 14.5. The van der Waals surface area contributed by atoms with E-state index in [4.69, 9.17) is 9.47 Å². The number of carbonyl (C=O) groups excluding carboxylic acids is 3. The van der Waals surface area contributed by atoms with Crippen LogP contribution in [0, 0.1) is 3.57 Å². The molecule has 0 unspecified atom stereocenters. The van der Waals surface area contributed by atoms with E-state index in [2.05, 4.69) is 99.5 Å². The molecule has 9 heteroatoms. The van der Waals surface area contributed by atoms with Gasteiger partial charge in [-0.3, -0.25) is 14.9 Å². The van der Waals surface area contributed by atoms with Gasteiger partial charge in [0.15, 0.2) is 11.5 Å². The van der Waals surface area contributed by atoms with Gasteiger partial charge in [0, 0.05) is 30.6 Å². The van der Waals surface area contributed by atoms with Crippen LogP contribution in [0.25, 0.3) is 16.8 Å². The van der Waals surface area contributed by atoms with Crippen LogP contribution in [0.5, 0.6) is 11.5 Å².